The molecule has 1 heterocycles. The molecule has 3 rings (SSSR count). The normalized spacial score (nSPS) is 10.4. The van der Waals surface area contributed by atoms with E-state index >= 15 is 0 Å². The van der Waals surface area contributed by atoms with Crippen molar-refractivity contribution >= 4 is 29.4 Å². The highest BCUT2D eigenvalue weighted by Gasteiger charge is 2.27. The van der Waals surface area contributed by atoms with Gasteiger partial charge in [0, 0.05) is 11.6 Å². The summed E-state index contributed by atoms with van der Waals surface area (Å²) in [6.45, 7) is -0.389. The zero-order chi connectivity index (χ0) is 25.9. The van der Waals surface area contributed by atoms with Gasteiger partial charge in [-0.05, 0) is 23.8 Å². The van der Waals surface area contributed by atoms with Gasteiger partial charge in [-0.2, -0.15) is 0 Å². The first-order valence-corrected chi connectivity index (χ1v) is 9.67. The quantitative estimate of drug-likeness (QED) is 0.207. The van der Waals surface area contributed by atoms with E-state index in [9.17, 15) is 39.5 Å². The smallest absolute Gasteiger partial charge is 0.342 e. The van der Waals surface area contributed by atoms with Crippen molar-refractivity contribution in [3.8, 4) is 16.9 Å². The van der Waals surface area contributed by atoms with E-state index in [1.807, 2.05) is 4.98 Å². The van der Waals surface area contributed by atoms with Crippen LogP contribution in [0.3, 0.4) is 0 Å². The predicted molar refractivity (Wildman–Crippen MR) is 120 cm³/mol. The molecule has 0 spiro atoms. The average Bonchev–Trinajstić information content (AvgIpc) is 2.81. The molecule has 0 saturated carbocycles. The van der Waals surface area contributed by atoms with Gasteiger partial charge < -0.3 is 30.4 Å². The number of aromatic carboxylic acids is 2. The summed E-state index contributed by atoms with van der Waals surface area (Å²) in [6, 6.07) is 9.13. The van der Waals surface area contributed by atoms with Crippen LogP contribution >= 0.6 is 0 Å². The van der Waals surface area contributed by atoms with Gasteiger partial charge in [-0.3, -0.25) is 14.9 Å². The van der Waals surface area contributed by atoms with Crippen molar-refractivity contribution in [1.82, 2.24) is 4.98 Å². The maximum Gasteiger partial charge on any atom is 0.342 e. The molecule has 2 aromatic carbocycles. The van der Waals surface area contributed by atoms with Gasteiger partial charge in [0.2, 0.25) is 0 Å². The van der Waals surface area contributed by atoms with Gasteiger partial charge >= 0.3 is 17.9 Å². The number of esters is 1. The SMILES string of the molecule is COC(=O)c1cccc([N+](=O)[O-])c1COc1ccc(-c2c(C(=O)O)c(N)[nH]c(=O)c2C(=O)O)cc1. The standard InChI is InChI=1S/C22H17N3O10/c1-34-22(31)12-3-2-4-14(25(32)33)13(12)9-35-11-7-5-10(6-8-11)15-16(20(27)28)18(23)24-19(26)17(15)21(29)30/h2-8H,9H2,1H3,(H,27,28)(H,29,30)(H3,23,24,26). The molecule has 0 aliphatic heterocycles. The molecule has 0 amide bonds. The Hall–Kier alpha value is -5.20. The number of nitrogens with zero attached hydrogens (tertiary/aromatic N) is 1. The summed E-state index contributed by atoms with van der Waals surface area (Å²) in [6.07, 6.45) is 0. The third kappa shape index (κ3) is 4.78. The molecule has 0 saturated heterocycles. The number of aromatic nitrogens is 1. The Bertz CT molecular complexity index is 1410. The number of nitrogens with one attached hydrogen (secondary N) is 1. The molecule has 180 valence electrons. The van der Waals surface area contributed by atoms with Crippen LogP contribution in [0, 0.1) is 10.1 Å². The number of benzene rings is 2. The molecule has 35 heavy (non-hydrogen) atoms. The number of pyridine rings is 1. The van der Waals surface area contributed by atoms with E-state index in [-0.39, 0.29) is 34.7 Å². The zero-order valence-corrected chi connectivity index (χ0v) is 17.9. The van der Waals surface area contributed by atoms with E-state index in [0.717, 1.165) is 7.11 Å². The van der Waals surface area contributed by atoms with E-state index in [2.05, 4.69) is 4.74 Å². The number of carbonyl (C=O) groups excluding carboxylic acids is 1. The second-order valence-corrected chi connectivity index (χ2v) is 6.97. The van der Waals surface area contributed by atoms with Gasteiger partial charge in [-0.15, -0.1) is 0 Å². The number of rotatable bonds is 8. The molecular weight excluding hydrogens is 466 g/mol. The molecule has 13 heteroatoms. The van der Waals surface area contributed by atoms with E-state index in [1.165, 1.54) is 42.5 Å². The summed E-state index contributed by atoms with van der Waals surface area (Å²) < 4.78 is 10.2. The summed E-state index contributed by atoms with van der Waals surface area (Å²) in [7, 11) is 1.13. The minimum Gasteiger partial charge on any atom is -0.489 e. The fourth-order valence-electron chi connectivity index (χ4n) is 3.41. The first-order valence-electron chi connectivity index (χ1n) is 9.67. The Morgan fingerprint density at radius 3 is 2.23 bits per heavy atom. The van der Waals surface area contributed by atoms with Crippen molar-refractivity contribution in [3.63, 3.8) is 0 Å². The predicted octanol–water partition coefficient (Wildman–Crippen LogP) is 2.29. The van der Waals surface area contributed by atoms with Crippen LogP contribution in [0.15, 0.2) is 47.3 Å². The van der Waals surface area contributed by atoms with E-state index < -0.39 is 50.9 Å². The molecule has 0 atom stereocenters. The number of H-pyrrole nitrogens is 1. The summed E-state index contributed by atoms with van der Waals surface area (Å²) >= 11 is 0. The summed E-state index contributed by atoms with van der Waals surface area (Å²) in [5.41, 5.74) is 2.32. The number of anilines is 1. The minimum atomic E-state index is -1.66. The molecule has 0 unspecified atom stereocenters. The molecule has 5 N–H and O–H groups in total. The van der Waals surface area contributed by atoms with Crippen molar-refractivity contribution in [2.24, 2.45) is 0 Å². The lowest BCUT2D eigenvalue weighted by Crippen LogP contribution is -2.24. The van der Waals surface area contributed by atoms with Crippen molar-refractivity contribution in [2.75, 3.05) is 12.8 Å². The molecule has 0 radical (unpaired) electrons. The Balaban J connectivity index is 2.01. The van der Waals surface area contributed by atoms with E-state index in [0.29, 0.717) is 0 Å². The molecule has 0 fully saturated rings. The maximum absolute atomic E-state index is 12.1. The number of hydrogen-bond donors (Lipinski definition) is 4. The minimum absolute atomic E-state index is 0.0304. The molecule has 0 aliphatic rings. The highest BCUT2D eigenvalue weighted by molar-refractivity contribution is 6.07. The Morgan fingerprint density at radius 2 is 1.69 bits per heavy atom. The second kappa shape index (κ2) is 9.74. The van der Waals surface area contributed by atoms with Gasteiger partial charge in [0.25, 0.3) is 11.2 Å². The van der Waals surface area contributed by atoms with Crippen LogP contribution in [0.1, 0.15) is 36.6 Å². The largest absolute Gasteiger partial charge is 0.489 e. The molecular formula is C22H17N3O10. The first-order chi connectivity index (χ1) is 16.6. The fraction of sp³-hybridized carbons (Fsp3) is 0.0909. The van der Waals surface area contributed by atoms with Gasteiger partial charge in [0.15, 0.2) is 0 Å². The fourth-order valence-corrected chi connectivity index (χ4v) is 3.41. The van der Waals surface area contributed by atoms with E-state index in [1.54, 1.807) is 0 Å². The van der Waals surface area contributed by atoms with Crippen molar-refractivity contribution in [1.29, 1.82) is 0 Å². The number of carbonyl (C=O) groups is 3. The number of nitro groups is 1. The molecule has 13 nitrogen and oxygen atoms in total. The molecule has 3 aromatic rings. The molecule has 1 aromatic heterocycles. The number of nitrogen functional groups attached to an aromatic ring is 1. The Labute approximate surface area is 195 Å². The first kappa shape index (κ1) is 24.4. The lowest BCUT2D eigenvalue weighted by molar-refractivity contribution is -0.385. The number of aromatic amines is 1. The molecule has 0 bridgehead atoms. The van der Waals surface area contributed by atoms with Crippen LogP contribution in [-0.2, 0) is 11.3 Å². The lowest BCUT2D eigenvalue weighted by atomic mass is 9.95. The van der Waals surface area contributed by atoms with Gasteiger partial charge in [0.05, 0.1) is 23.2 Å². The topological polar surface area (TPSA) is 212 Å². The average molecular weight is 483 g/mol. The third-order valence-corrected chi connectivity index (χ3v) is 4.95. The molecule has 0 aliphatic carbocycles. The summed E-state index contributed by atoms with van der Waals surface area (Å²) in [5, 5.41) is 30.4. The van der Waals surface area contributed by atoms with Gasteiger partial charge in [0.1, 0.15) is 29.3 Å². The summed E-state index contributed by atoms with van der Waals surface area (Å²) in [5.74, 6) is -4.38. The number of carboxylic acid groups (broad SMARTS) is 2. The van der Waals surface area contributed by atoms with Crippen molar-refractivity contribution in [2.45, 2.75) is 6.61 Å². The monoisotopic (exact) mass is 483 g/mol. The number of carboxylic acids is 2. The van der Waals surface area contributed by atoms with Crippen molar-refractivity contribution in [3.05, 3.63) is 85.2 Å². The van der Waals surface area contributed by atoms with E-state index in [4.69, 9.17) is 10.5 Å². The highest BCUT2D eigenvalue weighted by Crippen LogP contribution is 2.31. The maximum atomic E-state index is 12.1. The number of nitrogens with two attached hydrogens (primary N) is 1. The Kier molecular flexibility index (Phi) is 6.80. The third-order valence-electron chi connectivity index (χ3n) is 4.95. The van der Waals surface area contributed by atoms with Crippen LogP contribution in [0.2, 0.25) is 0 Å². The number of hydrogen-bond acceptors (Lipinski definition) is 9. The van der Waals surface area contributed by atoms with Crippen LogP contribution in [0.4, 0.5) is 11.5 Å². The van der Waals surface area contributed by atoms with Gasteiger partial charge in [-0.25, -0.2) is 14.4 Å². The van der Waals surface area contributed by atoms with Crippen LogP contribution < -0.4 is 16.0 Å². The number of nitro benzene ring substituents is 1. The van der Waals surface area contributed by atoms with Crippen molar-refractivity contribution < 1.29 is 39.0 Å². The van der Waals surface area contributed by atoms with Crippen LogP contribution in [-0.4, -0.2) is 45.1 Å². The number of methoxy groups -OCH3 is 1. The zero-order valence-electron chi connectivity index (χ0n) is 17.9. The van der Waals surface area contributed by atoms with Crippen LogP contribution in [0.5, 0.6) is 5.75 Å². The lowest BCUT2D eigenvalue weighted by Gasteiger charge is -2.13. The highest BCUT2D eigenvalue weighted by atomic mass is 16.6. The second-order valence-electron chi connectivity index (χ2n) is 6.97. The number of ether oxygens (including phenoxy) is 2. The van der Waals surface area contributed by atoms with Crippen LogP contribution in [0.25, 0.3) is 11.1 Å². The van der Waals surface area contributed by atoms with Gasteiger partial charge in [-0.1, -0.05) is 18.2 Å². The summed E-state index contributed by atoms with van der Waals surface area (Å²) in [4.78, 5) is 60.3. The Morgan fingerprint density at radius 1 is 1.06 bits per heavy atom.